The van der Waals surface area contributed by atoms with Gasteiger partial charge in [0.25, 0.3) is 0 Å². The number of rotatable bonds is 12. The van der Waals surface area contributed by atoms with Crippen molar-refractivity contribution in [1.29, 1.82) is 0 Å². The van der Waals surface area contributed by atoms with E-state index < -0.39 is 0 Å². The molecule has 0 radical (unpaired) electrons. The Labute approximate surface area is 219 Å². The number of benzene rings is 4. The van der Waals surface area contributed by atoms with Crippen LogP contribution in [0.3, 0.4) is 0 Å². The number of ether oxygens (including phenoxy) is 2. The molecule has 4 nitrogen and oxygen atoms in total. The molecule has 0 atom stereocenters. The van der Waals surface area contributed by atoms with Crippen LogP contribution in [-0.4, -0.2) is 19.2 Å². The molecule has 4 aromatic rings. The van der Waals surface area contributed by atoms with Crippen molar-refractivity contribution >= 4 is 23.0 Å². The fraction of sp³-hybridized carbons (Fsp3) is 0.182. The molecule has 0 aromatic heterocycles. The summed E-state index contributed by atoms with van der Waals surface area (Å²) in [5.74, 6) is 0.463. The standard InChI is InChI=1S/C33H33NO3/c1-26(2)33(35)37-25-9-24-36-32-22-18-28(19-23-32)15-14-27-16-20-31(21-17-27)34(29-10-5-3-6-11-29)30-12-7-4-8-13-30/h3-8,10-13,16-23H,1,9,14-15,24-25H2,2H3. The summed E-state index contributed by atoms with van der Waals surface area (Å²) in [7, 11) is 0. The first kappa shape index (κ1) is 25.8. The molecular formula is C33H33NO3. The molecule has 188 valence electrons. The molecule has 4 heteroatoms. The predicted molar refractivity (Wildman–Crippen MR) is 151 cm³/mol. The fourth-order valence-electron chi connectivity index (χ4n) is 3.99. The molecule has 0 aliphatic carbocycles. The van der Waals surface area contributed by atoms with Crippen LogP contribution in [0.1, 0.15) is 24.5 Å². The number of nitrogens with zero attached hydrogens (tertiary/aromatic N) is 1. The van der Waals surface area contributed by atoms with Gasteiger partial charge in [-0.2, -0.15) is 0 Å². The van der Waals surface area contributed by atoms with E-state index in [-0.39, 0.29) is 5.97 Å². The van der Waals surface area contributed by atoms with Gasteiger partial charge in [-0.15, -0.1) is 0 Å². The lowest BCUT2D eigenvalue weighted by Crippen LogP contribution is -2.09. The van der Waals surface area contributed by atoms with E-state index in [1.54, 1.807) is 6.92 Å². The summed E-state index contributed by atoms with van der Waals surface area (Å²) < 4.78 is 10.8. The maximum Gasteiger partial charge on any atom is 0.333 e. The van der Waals surface area contributed by atoms with Crippen molar-refractivity contribution in [3.63, 3.8) is 0 Å². The van der Waals surface area contributed by atoms with Crippen molar-refractivity contribution in [3.8, 4) is 5.75 Å². The van der Waals surface area contributed by atoms with Crippen LogP contribution < -0.4 is 9.64 Å². The molecule has 0 aliphatic rings. The second-order valence-electron chi connectivity index (χ2n) is 8.94. The highest BCUT2D eigenvalue weighted by Crippen LogP contribution is 2.34. The molecule has 0 bridgehead atoms. The van der Waals surface area contributed by atoms with Crippen LogP contribution >= 0.6 is 0 Å². The number of hydrogen-bond acceptors (Lipinski definition) is 4. The number of aryl methyl sites for hydroxylation is 2. The van der Waals surface area contributed by atoms with Gasteiger partial charge in [-0.1, -0.05) is 67.2 Å². The van der Waals surface area contributed by atoms with Gasteiger partial charge < -0.3 is 14.4 Å². The second kappa shape index (κ2) is 13.1. The van der Waals surface area contributed by atoms with E-state index in [4.69, 9.17) is 9.47 Å². The molecular weight excluding hydrogens is 458 g/mol. The van der Waals surface area contributed by atoms with Crippen molar-refractivity contribution in [2.24, 2.45) is 0 Å². The normalized spacial score (nSPS) is 10.5. The topological polar surface area (TPSA) is 38.8 Å². The molecule has 0 N–H and O–H groups in total. The molecule has 37 heavy (non-hydrogen) atoms. The summed E-state index contributed by atoms with van der Waals surface area (Å²) in [6.07, 6.45) is 2.56. The van der Waals surface area contributed by atoms with E-state index in [0.717, 1.165) is 35.7 Å². The van der Waals surface area contributed by atoms with E-state index in [1.807, 2.05) is 24.3 Å². The molecule has 4 aromatic carbocycles. The molecule has 0 unspecified atom stereocenters. The number of para-hydroxylation sites is 2. The third kappa shape index (κ3) is 7.58. The average Bonchev–Trinajstić information content (AvgIpc) is 2.94. The Morgan fingerprint density at radius 3 is 1.68 bits per heavy atom. The van der Waals surface area contributed by atoms with E-state index in [9.17, 15) is 4.79 Å². The smallest absolute Gasteiger partial charge is 0.333 e. The molecule has 0 amide bonds. The van der Waals surface area contributed by atoms with E-state index in [0.29, 0.717) is 25.2 Å². The van der Waals surface area contributed by atoms with Gasteiger partial charge in [-0.3, -0.25) is 0 Å². The van der Waals surface area contributed by atoms with Crippen molar-refractivity contribution in [1.82, 2.24) is 0 Å². The average molecular weight is 492 g/mol. The van der Waals surface area contributed by atoms with Gasteiger partial charge in [0, 0.05) is 29.1 Å². The zero-order chi connectivity index (χ0) is 25.9. The Bertz CT molecular complexity index is 1230. The van der Waals surface area contributed by atoms with Gasteiger partial charge in [0.1, 0.15) is 5.75 Å². The first-order valence-corrected chi connectivity index (χ1v) is 12.6. The minimum atomic E-state index is -0.358. The highest BCUT2D eigenvalue weighted by Gasteiger charge is 2.11. The van der Waals surface area contributed by atoms with Crippen LogP contribution in [0.5, 0.6) is 5.75 Å². The molecule has 4 rings (SSSR count). The molecule has 0 saturated heterocycles. The predicted octanol–water partition coefficient (Wildman–Crippen LogP) is 7.83. The Morgan fingerprint density at radius 1 is 0.676 bits per heavy atom. The summed E-state index contributed by atoms with van der Waals surface area (Å²) in [6.45, 7) is 6.04. The van der Waals surface area contributed by atoms with Gasteiger partial charge in [0.2, 0.25) is 0 Å². The van der Waals surface area contributed by atoms with Crippen LogP contribution in [0.4, 0.5) is 17.1 Å². The fourth-order valence-corrected chi connectivity index (χ4v) is 3.99. The third-order valence-corrected chi connectivity index (χ3v) is 5.99. The van der Waals surface area contributed by atoms with Crippen LogP contribution in [0.15, 0.2) is 121 Å². The van der Waals surface area contributed by atoms with Crippen LogP contribution in [-0.2, 0) is 22.4 Å². The van der Waals surface area contributed by atoms with Gasteiger partial charge in [0.15, 0.2) is 0 Å². The molecule has 0 heterocycles. The maximum absolute atomic E-state index is 11.4. The first-order valence-electron chi connectivity index (χ1n) is 12.6. The zero-order valence-corrected chi connectivity index (χ0v) is 21.3. The van der Waals surface area contributed by atoms with Crippen molar-refractivity contribution in [2.75, 3.05) is 18.1 Å². The monoisotopic (exact) mass is 491 g/mol. The van der Waals surface area contributed by atoms with Crippen molar-refractivity contribution in [2.45, 2.75) is 26.2 Å². The number of anilines is 3. The summed E-state index contributed by atoms with van der Waals surface area (Å²) in [6, 6.07) is 37.9. The molecule has 0 spiro atoms. The molecule has 0 saturated carbocycles. The number of hydrogen-bond donors (Lipinski definition) is 0. The first-order chi connectivity index (χ1) is 18.1. The zero-order valence-electron chi connectivity index (χ0n) is 21.3. The van der Waals surface area contributed by atoms with Crippen LogP contribution in [0, 0.1) is 0 Å². The van der Waals surface area contributed by atoms with E-state index in [1.165, 1.54) is 11.1 Å². The lowest BCUT2D eigenvalue weighted by molar-refractivity contribution is -0.139. The van der Waals surface area contributed by atoms with Crippen LogP contribution in [0.2, 0.25) is 0 Å². The Hall–Kier alpha value is -4.31. The van der Waals surface area contributed by atoms with Gasteiger partial charge in [-0.05, 0) is 79.4 Å². The summed E-state index contributed by atoms with van der Waals surface area (Å²) >= 11 is 0. The van der Waals surface area contributed by atoms with Gasteiger partial charge in [0.05, 0.1) is 13.2 Å². The Morgan fingerprint density at radius 2 is 1.16 bits per heavy atom. The number of carbonyl (C=O) groups excluding carboxylic acids is 1. The SMILES string of the molecule is C=C(C)C(=O)OCCCOc1ccc(CCc2ccc(N(c3ccccc3)c3ccccc3)cc2)cc1. The van der Waals surface area contributed by atoms with Crippen molar-refractivity contribution < 1.29 is 14.3 Å². The van der Waals surface area contributed by atoms with Gasteiger partial charge in [-0.25, -0.2) is 4.79 Å². The highest BCUT2D eigenvalue weighted by molar-refractivity contribution is 5.86. The van der Waals surface area contributed by atoms with E-state index >= 15 is 0 Å². The largest absolute Gasteiger partial charge is 0.493 e. The Kier molecular flexibility index (Phi) is 9.14. The minimum absolute atomic E-state index is 0.330. The quantitative estimate of drug-likeness (QED) is 0.115. The van der Waals surface area contributed by atoms with Gasteiger partial charge >= 0.3 is 5.97 Å². The summed E-state index contributed by atoms with van der Waals surface area (Å²) in [5.41, 5.74) is 6.38. The van der Waals surface area contributed by atoms with E-state index in [2.05, 4.69) is 96.4 Å². The molecule has 0 aliphatic heterocycles. The van der Waals surface area contributed by atoms with Crippen molar-refractivity contribution in [3.05, 3.63) is 132 Å². The number of carbonyl (C=O) groups is 1. The number of esters is 1. The summed E-state index contributed by atoms with van der Waals surface area (Å²) in [5, 5.41) is 0. The van der Waals surface area contributed by atoms with Crippen LogP contribution in [0.25, 0.3) is 0 Å². The molecule has 0 fully saturated rings. The lowest BCUT2D eigenvalue weighted by Gasteiger charge is -2.25. The minimum Gasteiger partial charge on any atom is -0.493 e. The lowest BCUT2D eigenvalue weighted by atomic mass is 10.0. The summed E-state index contributed by atoms with van der Waals surface area (Å²) in [4.78, 5) is 13.6. The highest BCUT2D eigenvalue weighted by atomic mass is 16.5. The maximum atomic E-state index is 11.4. The Balaban J connectivity index is 1.30. The second-order valence-corrected chi connectivity index (χ2v) is 8.94. The third-order valence-electron chi connectivity index (χ3n) is 5.99.